The molecule has 0 fully saturated rings. The number of ether oxygens (including phenoxy) is 1. The SMILES string of the molecule is Cc1ccc(-c2nnc(COc3ccc(-c4cnc5ccccc5n4)cc3)o2)cc1. The van der Waals surface area contributed by atoms with Crippen LogP contribution in [0.5, 0.6) is 5.75 Å². The molecule has 5 rings (SSSR count). The number of rotatable bonds is 5. The van der Waals surface area contributed by atoms with Crippen molar-refractivity contribution in [2.45, 2.75) is 13.5 Å². The zero-order valence-electron chi connectivity index (χ0n) is 16.3. The van der Waals surface area contributed by atoms with Gasteiger partial charge in [-0.05, 0) is 55.5 Å². The average molecular weight is 394 g/mol. The summed E-state index contributed by atoms with van der Waals surface area (Å²) < 4.78 is 11.5. The summed E-state index contributed by atoms with van der Waals surface area (Å²) >= 11 is 0. The van der Waals surface area contributed by atoms with Gasteiger partial charge in [-0.15, -0.1) is 10.2 Å². The van der Waals surface area contributed by atoms with Crippen molar-refractivity contribution in [2.24, 2.45) is 0 Å². The summed E-state index contributed by atoms with van der Waals surface area (Å²) in [5.41, 5.74) is 5.61. The van der Waals surface area contributed by atoms with Gasteiger partial charge in [0.15, 0.2) is 6.61 Å². The van der Waals surface area contributed by atoms with Crippen LogP contribution in [0.25, 0.3) is 33.7 Å². The molecule has 146 valence electrons. The van der Waals surface area contributed by atoms with Gasteiger partial charge < -0.3 is 9.15 Å². The van der Waals surface area contributed by atoms with Crippen molar-refractivity contribution in [1.82, 2.24) is 20.2 Å². The van der Waals surface area contributed by atoms with Gasteiger partial charge in [0.05, 0.1) is 22.9 Å². The lowest BCUT2D eigenvalue weighted by Gasteiger charge is -2.06. The first kappa shape index (κ1) is 18.0. The zero-order valence-corrected chi connectivity index (χ0v) is 16.3. The van der Waals surface area contributed by atoms with Crippen molar-refractivity contribution in [3.05, 3.63) is 90.4 Å². The highest BCUT2D eigenvalue weighted by atomic mass is 16.5. The molecule has 0 amide bonds. The third kappa shape index (κ3) is 3.75. The molecule has 0 aliphatic carbocycles. The first-order valence-corrected chi connectivity index (χ1v) is 9.59. The first-order chi connectivity index (χ1) is 14.7. The van der Waals surface area contributed by atoms with Gasteiger partial charge in [0.2, 0.25) is 5.89 Å². The normalized spacial score (nSPS) is 11.0. The van der Waals surface area contributed by atoms with Crippen LogP contribution in [-0.4, -0.2) is 20.2 Å². The van der Waals surface area contributed by atoms with Crippen molar-refractivity contribution in [2.75, 3.05) is 0 Å². The van der Waals surface area contributed by atoms with E-state index in [0.29, 0.717) is 17.5 Å². The number of hydrogen-bond donors (Lipinski definition) is 0. The van der Waals surface area contributed by atoms with E-state index in [1.165, 1.54) is 5.56 Å². The van der Waals surface area contributed by atoms with Crippen LogP contribution < -0.4 is 4.74 Å². The maximum absolute atomic E-state index is 5.79. The van der Waals surface area contributed by atoms with Gasteiger partial charge in [0.25, 0.3) is 5.89 Å². The van der Waals surface area contributed by atoms with E-state index in [-0.39, 0.29) is 6.61 Å². The minimum atomic E-state index is 0.202. The molecule has 30 heavy (non-hydrogen) atoms. The van der Waals surface area contributed by atoms with Crippen molar-refractivity contribution >= 4 is 11.0 Å². The Bertz CT molecular complexity index is 1300. The Morgan fingerprint density at radius 1 is 0.800 bits per heavy atom. The molecule has 0 radical (unpaired) electrons. The standard InChI is InChI=1S/C24H18N4O2/c1-16-6-8-18(9-7-16)24-28-27-23(30-24)15-29-19-12-10-17(11-13-19)22-14-25-20-4-2-3-5-21(20)26-22/h2-14H,15H2,1H3. The van der Waals surface area contributed by atoms with Gasteiger partial charge >= 0.3 is 0 Å². The molecular formula is C24H18N4O2. The number of benzene rings is 3. The molecule has 0 saturated carbocycles. The summed E-state index contributed by atoms with van der Waals surface area (Å²) in [4.78, 5) is 9.14. The van der Waals surface area contributed by atoms with Crippen molar-refractivity contribution in [3.8, 4) is 28.5 Å². The lowest BCUT2D eigenvalue weighted by molar-refractivity contribution is 0.264. The second-order valence-corrected chi connectivity index (χ2v) is 6.92. The van der Waals surface area contributed by atoms with E-state index in [9.17, 15) is 0 Å². The van der Waals surface area contributed by atoms with Gasteiger partial charge in [-0.3, -0.25) is 4.98 Å². The lowest BCUT2D eigenvalue weighted by atomic mass is 10.1. The molecular weight excluding hydrogens is 376 g/mol. The highest BCUT2D eigenvalue weighted by Gasteiger charge is 2.09. The second-order valence-electron chi connectivity index (χ2n) is 6.92. The van der Waals surface area contributed by atoms with Crippen LogP contribution in [0.4, 0.5) is 0 Å². The fourth-order valence-electron chi connectivity index (χ4n) is 3.09. The van der Waals surface area contributed by atoms with Gasteiger partial charge in [-0.25, -0.2) is 4.98 Å². The van der Waals surface area contributed by atoms with Crippen LogP contribution in [-0.2, 0) is 6.61 Å². The Balaban J connectivity index is 1.26. The van der Waals surface area contributed by atoms with Gasteiger partial charge in [0.1, 0.15) is 5.75 Å². The summed E-state index contributed by atoms with van der Waals surface area (Å²) in [5.74, 6) is 1.62. The predicted octanol–water partition coefficient (Wildman–Crippen LogP) is 5.23. The number of para-hydroxylation sites is 2. The molecule has 0 unspecified atom stereocenters. The van der Waals surface area contributed by atoms with E-state index >= 15 is 0 Å². The molecule has 3 aromatic carbocycles. The second kappa shape index (κ2) is 7.75. The van der Waals surface area contributed by atoms with Gasteiger partial charge in [0, 0.05) is 11.1 Å². The third-order valence-corrected chi connectivity index (χ3v) is 4.73. The summed E-state index contributed by atoms with van der Waals surface area (Å²) in [7, 11) is 0. The first-order valence-electron chi connectivity index (χ1n) is 9.59. The molecule has 0 saturated heterocycles. The molecule has 2 aromatic heterocycles. The number of nitrogens with zero attached hydrogens (tertiary/aromatic N) is 4. The van der Waals surface area contributed by atoms with Crippen LogP contribution in [0.2, 0.25) is 0 Å². The summed E-state index contributed by atoms with van der Waals surface area (Å²) in [6, 6.07) is 23.5. The molecule has 0 spiro atoms. The lowest BCUT2D eigenvalue weighted by Crippen LogP contribution is -1.95. The summed E-state index contributed by atoms with van der Waals surface area (Å²) in [6.45, 7) is 2.24. The Morgan fingerprint density at radius 3 is 2.33 bits per heavy atom. The molecule has 0 atom stereocenters. The van der Waals surface area contributed by atoms with E-state index in [2.05, 4.69) is 20.2 Å². The fraction of sp³-hybridized carbons (Fsp3) is 0.0833. The molecule has 2 heterocycles. The number of aromatic nitrogens is 4. The molecule has 6 nitrogen and oxygen atoms in total. The average Bonchev–Trinajstić information content (AvgIpc) is 3.27. The van der Waals surface area contributed by atoms with E-state index in [1.54, 1.807) is 6.20 Å². The van der Waals surface area contributed by atoms with Crippen molar-refractivity contribution in [3.63, 3.8) is 0 Å². The molecule has 0 aliphatic heterocycles. The maximum Gasteiger partial charge on any atom is 0.254 e. The number of hydrogen-bond acceptors (Lipinski definition) is 6. The Hall–Kier alpha value is -4.06. The van der Waals surface area contributed by atoms with Crippen LogP contribution >= 0.6 is 0 Å². The number of aryl methyl sites for hydroxylation is 1. The molecule has 0 bridgehead atoms. The van der Waals surface area contributed by atoms with E-state index in [4.69, 9.17) is 9.15 Å². The van der Waals surface area contributed by atoms with Crippen LogP contribution in [0.15, 0.2) is 83.4 Å². The zero-order chi connectivity index (χ0) is 20.3. The monoisotopic (exact) mass is 394 g/mol. The molecule has 5 aromatic rings. The molecule has 0 aliphatic rings. The smallest absolute Gasteiger partial charge is 0.254 e. The predicted molar refractivity (Wildman–Crippen MR) is 114 cm³/mol. The molecule has 0 N–H and O–H groups in total. The van der Waals surface area contributed by atoms with Crippen molar-refractivity contribution < 1.29 is 9.15 Å². The molecule has 6 heteroatoms. The largest absolute Gasteiger partial charge is 0.484 e. The van der Waals surface area contributed by atoms with E-state index < -0.39 is 0 Å². The topological polar surface area (TPSA) is 73.9 Å². The van der Waals surface area contributed by atoms with Crippen molar-refractivity contribution in [1.29, 1.82) is 0 Å². The highest BCUT2D eigenvalue weighted by Crippen LogP contribution is 2.23. The van der Waals surface area contributed by atoms with E-state index in [1.807, 2.05) is 79.7 Å². The summed E-state index contributed by atoms with van der Waals surface area (Å²) in [5, 5.41) is 8.16. The highest BCUT2D eigenvalue weighted by molar-refractivity contribution is 5.76. The third-order valence-electron chi connectivity index (χ3n) is 4.73. The van der Waals surface area contributed by atoms with Crippen LogP contribution in [0.3, 0.4) is 0 Å². The van der Waals surface area contributed by atoms with Gasteiger partial charge in [-0.2, -0.15) is 0 Å². The minimum Gasteiger partial charge on any atom is -0.484 e. The maximum atomic E-state index is 5.79. The van der Waals surface area contributed by atoms with Gasteiger partial charge in [-0.1, -0.05) is 29.8 Å². The Labute approximate surface area is 173 Å². The minimum absolute atomic E-state index is 0.202. The van der Waals surface area contributed by atoms with E-state index in [0.717, 1.165) is 27.9 Å². The Morgan fingerprint density at radius 2 is 1.53 bits per heavy atom. The fourth-order valence-corrected chi connectivity index (χ4v) is 3.09. The summed E-state index contributed by atoms with van der Waals surface area (Å²) in [6.07, 6.45) is 1.78. The number of fused-ring (bicyclic) bond motifs is 1. The van der Waals surface area contributed by atoms with Crippen LogP contribution in [0, 0.1) is 6.92 Å². The quantitative estimate of drug-likeness (QED) is 0.406. The Kier molecular flexibility index (Phi) is 4.65. The van der Waals surface area contributed by atoms with Crippen LogP contribution in [0.1, 0.15) is 11.5 Å².